The predicted molar refractivity (Wildman–Crippen MR) is 86.8 cm³/mol. The molecule has 0 aliphatic carbocycles. The largest absolute Gasteiger partial charge is 0.472 e. The number of ether oxygens (including phenoxy) is 1. The molecule has 0 bridgehead atoms. The van der Waals surface area contributed by atoms with Crippen LogP contribution in [0.2, 0.25) is 0 Å². The molecule has 2 aliphatic rings. The number of fused-ring (bicyclic) bond motifs is 1. The van der Waals surface area contributed by atoms with E-state index in [1.165, 1.54) is 5.56 Å². The Bertz CT molecular complexity index is 602. The van der Waals surface area contributed by atoms with Crippen LogP contribution in [0.15, 0.2) is 47.5 Å². The third-order valence-corrected chi connectivity index (χ3v) is 4.86. The van der Waals surface area contributed by atoms with Crippen LogP contribution in [0, 0.1) is 0 Å². The molecule has 5 heteroatoms. The molecule has 2 saturated heterocycles. The molecule has 2 aliphatic heterocycles. The molecular weight excluding hydrogens is 290 g/mol. The van der Waals surface area contributed by atoms with Gasteiger partial charge in [0, 0.05) is 56.7 Å². The molecule has 122 valence electrons. The molecule has 23 heavy (non-hydrogen) atoms. The van der Waals surface area contributed by atoms with Gasteiger partial charge in [0.25, 0.3) is 0 Å². The summed E-state index contributed by atoms with van der Waals surface area (Å²) in [5.74, 6) is 0. The third kappa shape index (κ3) is 3.63. The van der Waals surface area contributed by atoms with E-state index in [0.29, 0.717) is 18.8 Å². The molecule has 2 atom stereocenters. The fourth-order valence-corrected chi connectivity index (χ4v) is 3.66. The number of rotatable bonds is 5. The second-order valence-corrected chi connectivity index (χ2v) is 6.55. The van der Waals surface area contributed by atoms with Crippen molar-refractivity contribution in [2.75, 3.05) is 26.2 Å². The van der Waals surface area contributed by atoms with Crippen LogP contribution in [0.25, 0.3) is 0 Å². The van der Waals surface area contributed by atoms with E-state index >= 15 is 0 Å². The summed E-state index contributed by atoms with van der Waals surface area (Å²) in [5.41, 5.74) is 2.42. The maximum atomic E-state index is 6.11. The zero-order valence-corrected chi connectivity index (χ0v) is 13.3. The topological polar surface area (TPSA) is 41.7 Å². The van der Waals surface area contributed by atoms with Gasteiger partial charge in [-0.15, -0.1) is 0 Å². The average Bonchev–Trinajstić information content (AvgIpc) is 3.23. The number of pyridine rings is 1. The lowest BCUT2D eigenvalue weighted by Crippen LogP contribution is -2.49. The van der Waals surface area contributed by atoms with E-state index in [-0.39, 0.29) is 0 Å². The molecule has 2 aromatic rings. The molecule has 4 heterocycles. The fourth-order valence-electron chi connectivity index (χ4n) is 3.66. The van der Waals surface area contributed by atoms with Crippen LogP contribution >= 0.6 is 0 Å². The molecule has 0 unspecified atom stereocenters. The summed E-state index contributed by atoms with van der Waals surface area (Å²) < 4.78 is 11.3. The number of furan rings is 1. The van der Waals surface area contributed by atoms with Crippen LogP contribution < -0.4 is 0 Å². The van der Waals surface area contributed by atoms with E-state index in [4.69, 9.17) is 9.15 Å². The summed E-state index contributed by atoms with van der Waals surface area (Å²) in [6, 6.07) is 6.71. The Balaban J connectivity index is 1.27. The van der Waals surface area contributed by atoms with E-state index in [9.17, 15) is 0 Å². The predicted octanol–water partition coefficient (Wildman–Crippen LogP) is 2.15. The van der Waals surface area contributed by atoms with Gasteiger partial charge >= 0.3 is 0 Å². The van der Waals surface area contributed by atoms with Crippen molar-refractivity contribution in [2.45, 2.75) is 31.7 Å². The summed E-state index contributed by atoms with van der Waals surface area (Å²) >= 11 is 0. The molecule has 5 nitrogen and oxygen atoms in total. The quantitative estimate of drug-likeness (QED) is 0.846. The third-order valence-electron chi connectivity index (χ3n) is 4.86. The molecule has 0 N–H and O–H groups in total. The van der Waals surface area contributed by atoms with Crippen molar-refractivity contribution in [1.29, 1.82) is 0 Å². The highest BCUT2D eigenvalue weighted by Crippen LogP contribution is 2.25. The Hall–Kier alpha value is -1.69. The Morgan fingerprint density at radius 3 is 3.04 bits per heavy atom. The van der Waals surface area contributed by atoms with Crippen LogP contribution in [-0.4, -0.2) is 53.1 Å². The van der Waals surface area contributed by atoms with Crippen molar-refractivity contribution >= 4 is 0 Å². The number of piperazine rings is 1. The smallest absolute Gasteiger partial charge is 0.0947 e. The van der Waals surface area contributed by atoms with Crippen LogP contribution in [-0.2, 0) is 17.9 Å². The standard InChI is InChI=1S/C18H23N3O2/c1-2-15(9-19-4-1)14-23-18-8-17-11-20(5-6-21(17)12-18)10-16-3-7-22-13-16/h1-4,7,9,13,17-18H,5-6,8,10-12,14H2/t17-,18+/m0/s1. The first kappa shape index (κ1) is 14.9. The molecule has 4 rings (SSSR count). The average molecular weight is 313 g/mol. The minimum Gasteiger partial charge on any atom is -0.472 e. The molecule has 0 radical (unpaired) electrons. The monoisotopic (exact) mass is 313 g/mol. The van der Waals surface area contributed by atoms with Crippen LogP contribution in [0.1, 0.15) is 17.5 Å². The highest BCUT2D eigenvalue weighted by atomic mass is 16.5. The Kier molecular flexibility index (Phi) is 4.41. The minimum absolute atomic E-state index is 0.342. The molecule has 0 aromatic carbocycles. The van der Waals surface area contributed by atoms with Crippen LogP contribution in [0.4, 0.5) is 0 Å². The van der Waals surface area contributed by atoms with E-state index in [0.717, 1.165) is 44.7 Å². The maximum absolute atomic E-state index is 6.11. The highest BCUT2D eigenvalue weighted by molar-refractivity contribution is 5.07. The van der Waals surface area contributed by atoms with Crippen molar-refractivity contribution in [3.8, 4) is 0 Å². The lowest BCUT2D eigenvalue weighted by molar-refractivity contribution is 0.0457. The molecule has 0 amide bonds. The SMILES string of the molecule is c1cncc(CO[C@@H]2C[C@H]3CN(Cc4ccoc4)CCN3C2)c1. The number of aromatic nitrogens is 1. The summed E-state index contributed by atoms with van der Waals surface area (Å²) in [6.45, 7) is 6.09. The summed E-state index contributed by atoms with van der Waals surface area (Å²) in [4.78, 5) is 9.25. The van der Waals surface area contributed by atoms with Gasteiger partial charge in [0.1, 0.15) is 0 Å². The highest BCUT2D eigenvalue weighted by Gasteiger charge is 2.36. The second-order valence-electron chi connectivity index (χ2n) is 6.55. The zero-order chi connectivity index (χ0) is 15.5. The molecule has 2 fully saturated rings. The molecular formula is C18H23N3O2. The molecule has 0 spiro atoms. The van der Waals surface area contributed by atoms with Gasteiger partial charge in [0.15, 0.2) is 0 Å². The number of hydrogen-bond acceptors (Lipinski definition) is 5. The van der Waals surface area contributed by atoms with E-state index in [1.807, 2.05) is 18.5 Å². The van der Waals surface area contributed by atoms with E-state index in [2.05, 4.69) is 26.9 Å². The normalized spacial score (nSPS) is 25.6. The van der Waals surface area contributed by atoms with Gasteiger partial charge in [-0.25, -0.2) is 0 Å². The van der Waals surface area contributed by atoms with Gasteiger partial charge in [-0.1, -0.05) is 6.07 Å². The van der Waals surface area contributed by atoms with Gasteiger partial charge in [0.2, 0.25) is 0 Å². The fraction of sp³-hybridized carbons (Fsp3) is 0.500. The minimum atomic E-state index is 0.342. The lowest BCUT2D eigenvalue weighted by atomic mass is 10.1. The second kappa shape index (κ2) is 6.83. The lowest BCUT2D eigenvalue weighted by Gasteiger charge is -2.37. The van der Waals surface area contributed by atoms with E-state index in [1.54, 1.807) is 12.5 Å². The first-order chi connectivity index (χ1) is 11.4. The Morgan fingerprint density at radius 2 is 2.22 bits per heavy atom. The van der Waals surface area contributed by atoms with Crippen molar-refractivity contribution in [2.24, 2.45) is 0 Å². The Labute approximate surface area is 136 Å². The molecule has 0 saturated carbocycles. The summed E-state index contributed by atoms with van der Waals surface area (Å²) in [7, 11) is 0. The number of hydrogen-bond donors (Lipinski definition) is 0. The van der Waals surface area contributed by atoms with Gasteiger partial charge in [0.05, 0.1) is 25.2 Å². The van der Waals surface area contributed by atoms with Gasteiger partial charge in [-0.05, 0) is 24.1 Å². The molecule has 2 aromatic heterocycles. The van der Waals surface area contributed by atoms with Gasteiger partial charge < -0.3 is 9.15 Å². The maximum Gasteiger partial charge on any atom is 0.0947 e. The first-order valence-electron chi connectivity index (χ1n) is 8.35. The van der Waals surface area contributed by atoms with Crippen LogP contribution in [0.3, 0.4) is 0 Å². The van der Waals surface area contributed by atoms with Crippen molar-refractivity contribution in [3.63, 3.8) is 0 Å². The summed E-state index contributed by atoms with van der Waals surface area (Å²) in [5, 5.41) is 0. The van der Waals surface area contributed by atoms with Crippen molar-refractivity contribution < 1.29 is 9.15 Å². The van der Waals surface area contributed by atoms with Crippen molar-refractivity contribution in [3.05, 3.63) is 54.2 Å². The van der Waals surface area contributed by atoms with E-state index < -0.39 is 0 Å². The number of nitrogens with zero attached hydrogens (tertiary/aromatic N) is 3. The summed E-state index contributed by atoms with van der Waals surface area (Å²) in [6.07, 6.45) is 8.75. The van der Waals surface area contributed by atoms with Gasteiger partial charge in [-0.3, -0.25) is 14.8 Å². The Morgan fingerprint density at radius 1 is 1.22 bits per heavy atom. The van der Waals surface area contributed by atoms with Crippen molar-refractivity contribution in [1.82, 2.24) is 14.8 Å². The van der Waals surface area contributed by atoms with Gasteiger partial charge in [-0.2, -0.15) is 0 Å². The zero-order valence-electron chi connectivity index (χ0n) is 13.3. The van der Waals surface area contributed by atoms with Crippen LogP contribution in [0.5, 0.6) is 0 Å². The first-order valence-corrected chi connectivity index (χ1v) is 8.35.